The van der Waals surface area contributed by atoms with E-state index in [1.165, 1.54) is 0 Å². The number of hydrogen-bond donors (Lipinski definition) is 1. The second-order valence-corrected chi connectivity index (χ2v) is 5.94. The number of alkyl halides is 1. The molecule has 0 aromatic rings. The molecule has 7 nitrogen and oxygen atoms in total. The Bertz CT molecular complexity index is 367. The van der Waals surface area contributed by atoms with Crippen LogP contribution in [0.1, 0.15) is 0 Å². The van der Waals surface area contributed by atoms with Crippen molar-refractivity contribution in [2.75, 3.05) is 20.5 Å². The Hall–Kier alpha value is -0.420. The number of sulfonamides is 1. The molecule has 0 radical (unpaired) electrons. The molecule has 0 bridgehead atoms. The number of esters is 2. The van der Waals surface area contributed by atoms with Gasteiger partial charge in [-0.25, -0.2) is 8.42 Å². The summed E-state index contributed by atoms with van der Waals surface area (Å²) in [5.41, 5.74) is 0. The first kappa shape index (κ1) is 15.6. The van der Waals surface area contributed by atoms with Gasteiger partial charge in [-0.3, -0.25) is 9.59 Å². The molecule has 0 aliphatic rings. The SMILES string of the molecule is COC(=O)[C@@H](I)[C@@H](NS(C)(=O)=O)C(=O)OC. The first-order valence-corrected chi connectivity index (χ1v) is 7.13. The highest BCUT2D eigenvalue weighted by Gasteiger charge is 2.35. The summed E-state index contributed by atoms with van der Waals surface area (Å²) >= 11 is 1.61. The Morgan fingerprint density at radius 1 is 1.19 bits per heavy atom. The van der Waals surface area contributed by atoms with Gasteiger partial charge in [0.15, 0.2) is 0 Å². The molecule has 0 aromatic heterocycles. The summed E-state index contributed by atoms with van der Waals surface area (Å²) < 4.78 is 31.8. The van der Waals surface area contributed by atoms with Crippen LogP contribution in [0.25, 0.3) is 0 Å². The zero-order valence-electron chi connectivity index (χ0n) is 8.89. The number of hydrogen-bond acceptors (Lipinski definition) is 6. The number of carbonyl (C=O) groups is 2. The third-order valence-corrected chi connectivity index (χ3v) is 3.42. The first-order chi connectivity index (χ1) is 7.22. The number of ether oxygens (including phenoxy) is 2. The van der Waals surface area contributed by atoms with Crippen molar-refractivity contribution in [3.05, 3.63) is 0 Å². The van der Waals surface area contributed by atoms with Crippen molar-refractivity contribution >= 4 is 44.6 Å². The van der Waals surface area contributed by atoms with Gasteiger partial charge in [-0.05, 0) is 0 Å². The van der Waals surface area contributed by atoms with Gasteiger partial charge in [0.1, 0.15) is 9.97 Å². The molecular formula is C7H12INO6S. The topological polar surface area (TPSA) is 98.8 Å². The highest BCUT2D eigenvalue weighted by atomic mass is 127. The number of carbonyl (C=O) groups excluding carboxylic acids is 2. The Balaban J connectivity index is 4.95. The Morgan fingerprint density at radius 2 is 1.62 bits per heavy atom. The minimum Gasteiger partial charge on any atom is -0.468 e. The van der Waals surface area contributed by atoms with E-state index in [9.17, 15) is 18.0 Å². The van der Waals surface area contributed by atoms with Crippen LogP contribution in [-0.2, 0) is 29.1 Å². The fraction of sp³-hybridized carbons (Fsp3) is 0.714. The van der Waals surface area contributed by atoms with Gasteiger partial charge in [-0.1, -0.05) is 22.6 Å². The molecular weight excluding hydrogens is 353 g/mol. The van der Waals surface area contributed by atoms with Crippen molar-refractivity contribution in [2.45, 2.75) is 9.97 Å². The normalized spacial score (nSPS) is 15.0. The Morgan fingerprint density at radius 3 is 1.94 bits per heavy atom. The molecule has 94 valence electrons. The predicted octanol–water partition coefficient (Wildman–Crippen LogP) is -0.946. The summed E-state index contributed by atoms with van der Waals surface area (Å²) in [6, 6.07) is -1.30. The largest absolute Gasteiger partial charge is 0.468 e. The monoisotopic (exact) mass is 365 g/mol. The highest BCUT2D eigenvalue weighted by molar-refractivity contribution is 14.1. The molecule has 0 fully saturated rings. The van der Waals surface area contributed by atoms with Crippen LogP contribution in [0.4, 0.5) is 0 Å². The van der Waals surface area contributed by atoms with Crippen molar-refractivity contribution < 1.29 is 27.5 Å². The van der Waals surface area contributed by atoms with Gasteiger partial charge in [0.25, 0.3) is 0 Å². The molecule has 0 aromatic carbocycles. The minimum absolute atomic E-state index is 0.716. The van der Waals surface area contributed by atoms with E-state index in [1.807, 2.05) is 4.72 Å². The molecule has 0 amide bonds. The molecule has 0 aliphatic carbocycles. The molecule has 0 saturated carbocycles. The molecule has 2 atom stereocenters. The molecule has 16 heavy (non-hydrogen) atoms. The van der Waals surface area contributed by atoms with Gasteiger partial charge in [-0.15, -0.1) is 0 Å². The Labute approximate surface area is 107 Å². The standard InChI is InChI=1S/C7H12INO6S/c1-14-6(10)4(8)5(7(11)15-2)9-16(3,12)13/h4-5,9H,1-3H3/t4-,5+/m0/s1. The number of rotatable bonds is 5. The fourth-order valence-electron chi connectivity index (χ4n) is 0.834. The van der Waals surface area contributed by atoms with E-state index in [0.717, 1.165) is 20.5 Å². The lowest BCUT2D eigenvalue weighted by Crippen LogP contribution is -2.49. The van der Waals surface area contributed by atoms with E-state index in [2.05, 4.69) is 9.47 Å². The van der Waals surface area contributed by atoms with E-state index in [4.69, 9.17) is 0 Å². The summed E-state index contributed by atoms with van der Waals surface area (Å²) in [6.45, 7) is 0. The summed E-state index contributed by atoms with van der Waals surface area (Å²) in [6.07, 6.45) is 0.879. The number of methoxy groups -OCH3 is 2. The van der Waals surface area contributed by atoms with Crippen LogP contribution in [-0.4, -0.2) is 50.8 Å². The maximum atomic E-state index is 11.3. The number of halogens is 1. The lowest BCUT2D eigenvalue weighted by atomic mass is 10.2. The zero-order valence-corrected chi connectivity index (χ0v) is 11.9. The van der Waals surface area contributed by atoms with Crippen molar-refractivity contribution in [3.8, 4) is 0 Å². The van der Waals surface area contributed by atoms with Crippen molar-refractivity contribution in [1.29, 1.82) is 0 Å². The van der Waals surface area contributed by atoms with E-state index < -0.39 is 31.9 Å². The van der Waals surface area contributed by atoms with Crippen LogP contribution in [0, 0.1) is 0 Å². The second kappa shape index (κ2) is 6.35. The zero-order chi connectivity index (χ0) is 12.9. The molecule has 0 saturated heterocycles. The van der Waals surface area contributed by atoms with Crippen LogP contribution >= 0.6 is 22.6 Å². The predicted molar refractivity (Wildman–Crippen MR) is 63.6 cm³/mol. The molecule has 0 spiro atoms. The average molecular weight is 365 g/mol. The van der Waals surface area contributed by atoms with Crippen LogP contribution in [0.15, 0.2) is 0 Å². The molecule has 0 unspecified atom stereocenters. The van der Waals surface area contributed by atoms with Crippen LogP contribution in [0.3, 0.4) is 0 Å². The molecule has 1 N–H and O–H groups in total. The third kappa shape index (κ3) is 5.07. The van der Waals surface area contributed by atoms with Gasteiger partial charge < -0.3 is 9.47 Å². The molecule has 9 heteroatoms. The maximum Gasteiger partial charge on any atom is 0.325 e. The van der Waals surface area contributed by atoms with E-state index in [0.29, 0.717) is 0 Å². The summed E-state index contributed by atoms with van der Waals surface area (Å²) in [4.78, 5) is 22.5. The molecule has 0 aliphatic heterocycles. The smallest absolute Gasteiger partial charge is 0.325 e. The molecule has 0 heterocycles. The van der Waals surface area contributed by atoms with E-state index in [1.54, 1.807) is 22.6 Å². The summed E-state index contributed by atoms with van der Waals surface area (Å²) in [5.74, 6) is -1.57. The lowest BCUT2D eigenvalue weighted by molar-refractivity contribution is -0.148. The van der Waals surface area contributed by atoms with Crippen molar-refractivity contribution in [3.63, 3.8) is 0 Å². The minimum atomic E-state index is -3.63. The quantitative estimate of drug-likeness (QED) is 0.383. The first-order valence-electron chi connectivity index (χ1n) is 4.00. The Kier molecular flexibility index (Phi) is 6.18. The van der Waals surface area contributed by atoms with Gasteiger partial charge in [0.05, 0.1) is 20.5 Å². The molecule has 0 rings (SSSR count). The highest BCUT2D eigenvalue weighted by Crippen LogP contribution is 2.11. The van der Waals surface area contributed by atoms with Crippen LogP contribution in [0.2, 0.25) is 0 Å². The van der Waals surface area contributed by atoms with Gasteiger partial charge >= 0.3 is 11.9 Å². The van der Waals surface area contributed by atoms with Gasteiger partial charge in [-0.2, -0.15) is 4.72 Å². The van der Waals surface area contributed by atoms with Crippen molar-refractivity contribution in [2.24, 2.45) is 0 Å². The summed E-state index contributed by atoms with van der Waals surface area (Å²) in [7, 11) is -1.39. The van der Waals surface area contributed by atoms with E-state index >= 15 is 0 Å². The van der Waals surface area contributed by atoms with E-state index in [-0.39, 0.29) is 0 Å². The maximum absolute atomic E-state index is 11.3. The fourth-order valence-corrected chi connectivity index (χ4v) is 2.50. The van der Waals surface area contributed by atoms with Crippen LogP contribution in [0.5, 0.6) is 0 Å². The van der Waals surface area contributed by atoms with Gasteiger partial charge in [0.2, 0.25) is 10.0 Å². The van der Waals surface area contributed by atoms with Crippen LogP contribution < -0.4 is 4.72 Å². The van der Waals surface area contributed by atoms with Crippen molar-refractivity contribution in [1.82, 2.24) is 4.72 Å². The third-order valence-electron chi connectivity index (χ3n) is 1.52. The number of nitrogens with one attached hydrogen (secondary N) is 1. The second-order valence-electron chi connectivity index (χ2n) is 2.82. The van der Waals surface area contributed by atoms with Gasteiger partial charge in [0, 0.05) is 0 Å². The summed E-state index contributed by atoms with van der Waals surface area (Å²) in [5, 5.41) is 0. The average Bonchev–Trinajstić information content (AvgIpc) is 2.21. The lowest BCUT2D eigenvalue weighted by Gasteiger charge is -2.18.